The molecule has 4 heterocycles. The first-order chi connectivity index (χ1) is 29.7. The Kier molecular flexibility index (Phi) is 6.48. The van der Waals surface area contributed by atoms with Gasteiger partial charge in [0.1, 0.15) is 17.2 Å². The standard InChI is InChI=1S/C54H29N5O/c1-56-42-30-48(33(31-55)28-49(42)59-45-20-10-6-16-38(45)39-24-27-51-53(54(39)59)40-17-7-11-21-50(40)60-51)58-46-26-23-34(29-41(46)52-35-13-3-2-12-32(35)22-25-47(52)58)57-43-18-8-4-14-36(43)37-15-5-9-19-44(37)57/h2-30H. The molecule has 0 bridgehead atoms. The third kappa shape index (κ3) is 4.23. The lowest BCUT2D eigenvalue weighted by molar-refractivity contribution is 0.669. The van der Waals surface area contributed by atoms with E-state index in [2.05, 4.69) is 152 Å². The zero-order chi connectivity index (χ0) is 39.6. The number of nitrogens with zero attached hydrogens (tertiary/aromatic N) is 5. The number of hydrogen-bond donors (Lipinski definition) is 0. The summed E-state index contributed by atoms with van der Waals surface area (Å²) in [7, 11) is 0. The number of benzene rings is 9. The van der Waals surface area contributed by atoms with Gasteiger partial charge < -0.3 is 18.1 Å². The van der Waals surface area contributed by atoms with Gasteiger partial charge in [0.25, 0.3) is 0 Å². The zero-order valence-electron chi connectivity index (χ0n) is 31.9. The fraction of sp³-hybridized carbons (Fsp3) is 0. The van der Waals surface area contributed by atoms with Crippen molar-refractivity contribution in [1.82, 2.24) is 13.7 Å². The predicted molar refractivity (Wildman–Crippen MR) is 245 cm³/mol. The number of aromatic nitrogens is 3. The Morgan fingerprint density at radius 1 is 0.450 bits per heavy atom. The minimum absolute atomic E-state index is 0.439. The first kappa shape index (κ1) is 32.5. The average Bonchev–Trinajstić information content (AvgIpc) is 4.04. The van der Waals surface area contributed by atoms with Crippen LogP contribution >= 0.6 is 0 Å². The Morgan fingerprint density at radius 3 is 1.80 bits per heavy atom. The minimum Gasteiger partial charge on any atom is -0.456 e. The summed E-state index contributed by atoms with van der Waals surface area (Å²) in [6, 6.07) is 63.4. The molecule has 0 atom stereocenters. The van der Waals surface area contributed by atoms with Gasteiger partial charge in [-0.15, -0.1) is 0 Å². The Hall–Kier alpha value is -8.58. The van der Waals surface area contributed by atoms with Crippen molar-refractivity contribution in [3.8, 4) is 23.1 Å². The Morgan fingerprint density at radius 2 is 1.07 bits per heavy atom. The van der Waals surface area contributed by atoms with Crippen LogP contribution in [-0.4, -0.2) is 13.7 Å². The van der Waals surface area contributed by atoms with Crippen LogP contribution in [0.2, 0.25) is 0 Å². The summed E-state index contributed by atoms with van der Waals surface area (Å²) in [4.78, 5) is 4.21. The van der Waals surface area contributed by atoms with E-state index in [1.807, 2.05) is 48.5 Å². The third-order valence-electron chi connectivity index (χ3n) is 12.5. The van der Waals surface area contributed by atoms with Crippen molar-refractivity contribution in [2.24, 2.45) is 0 Å². The molecule has 0 spiro atoms. The van der Waals surface area contributed by atoms with Crippen LogP contribution in [0.3, 0.4) is 0 Å². The van der Waals surface area contributed by atoms with Crippen LogP contribution in [0.5, 0.6) is 0 Å². The largest absolute Gasteiger partial charge is 0.456 e. The molecule has 0 unspecified atom stereocenters. The predicted octanol–water partition coefficient (Wildman–Crippen LogP) is 14.5. The number of hydrogen-bond acceptors (Lipinski definition) is 2. The molecule has 0 aliphatic carbocycles. The highest BCUT2D eigenvalue weighted by Crippen LogP contribution is 2.45. The van der Waals surface area contributed by atoms with Crippen LogP contribution in [0.4, 0.5) is 5.69 Å². The van der Waals surface area contributed by atoms with Gasteiger partial charge in [-0.3, -0.25) is 0 Å². The molecule has 0 aliphatic rings. The number of nitriles is 1. The van der Waals surface area contributed by atoms with Crippen molar-refractivity contribution >= 4 is 104 Å². The van der Waals surface area contributed by atoms with E-state index in [1.54, 1.807) is 0 Å². The maximum absolute atomic E-state index is 11.1. The lowest BCUT2D eigenvalue weighted by atomic mass is 10.0. The smallest absolute Gasteiger partial charge is 0.212 e. The van der Waals surface area contributed by atoms with Crippen molar-refractivity contribution < 1.29 is 4.42 Å². The van der Waals surface area contributed by atoms with E-state index in [9.17, 15) is 5.26 Å². The lowest BCUT2D eigenvalue weighted by Gasteiger charge is -2.16. The fourth-order valence-corrected chi connectivity index (χ4v) is 10.0. The molecule has 276 valence electrons. The van der Waals surface area contributed by atoms with Crippen molar-refractivity contribution in [1.29, 1.82) is 5.26 Å². The van der Waals surface area contributed by atoms with Crippen LogP contribution in [0.1, 0.15) is 5.56 Å². The molecule has 0 fully saturated rings. The zero-order valence-corrected chi connectivity index (χ0v) is 31.9. The first-order valence-electron chi connectivity index (χ1n) is 19.9. The number of para-hydroxylation sites is 4. The summed E-state index contributed by atoms with van der Waals surface area (Å²) < 4.78 is 13.1. The summed E-state index contributed by atoms with van der Waals surface area (Å²) >= 11 is 0. The van der Waals surface area contributed by atoms with Gasteiger partial charge >= 0.3 is 0 Å². The maximum Gasteiger partial charge on any atom is 0.212 e. The summed E-state index contributed by atoms with van der Waals surface area (Å²) in [6.07, 6.45) is 0. The second-order valence-electron chi connectivity index (χ2n) is 15.5. The van der Waals surface area contributed by atoms with Crippen molar-refractivity contribution in [2.45, 2.75) is 0 Å². The van der Waals surface area contributed by atoms with E-state index in [0.717, 1.165) is 93.0 Å². The van der Waals surface area contributed by atoms with E-state index in [0.29, 0.717) is 22.6 Å². The van der Waals surface area contributed by atoms with Crippen LogP contribution < -0.4 is 0 Å². The molecule has 0 amide bonds. The summed E-state index contributed by atoms with van der Waals surface area (Å²) in [5, 5.41) is 22.1. The van der Waals surface area contributed by atoms with Gasteiger partial charge in [0.15, 0.2) is 0 Å². The number of rotatable bonds is 3. The quantitative estimate of drug-likeness (QED) is 0.168. The molecule has 9 aromatic carbocycles. The molecule has 0 aliphatic heterocycles. The van der Waals surface area contributed by atoms with Crippen molar-refractivity contribution in [2.75, 3.05) is 0 Å². The van der Waals surface area contributed by atoms with Gasteiger partial charge in [-0.05, 0) is 83.6 Å². The molecule has 60 heavy (non-hydrogen) atoms. The minimum atomic E-state index is 0.439. The molecule has 6 nitrogen and oxygen atoms in total. The van der Waals surface area contributed by atoms with E-state index < -0.39 is 0 Å². The average molecular weight is 764 g/mol. The van der Waals surface area contributed by atoms with Gasteiger partial charge in [0.2, 0.25) is 5.69 Å². The molecular formula is C54H29N5O. The van der Waals surface area contributed by atoms with Gasteiger partial charge in [0.05, 0.1) is 62.0 Å². The second-order valence-corrected chi connectivity index (χ2v) is 15.5. The van der Waals surface area contributed by atoms with E-state index in [-0.39, 0.29) is 0 Å². The summed E-state index contributed by atoms with van der Waals surface area (Å²) in [5.41, 5.74) is 10.9. The Labute approximate surface area is 342 Å². The van der Waals surface area contributed by atoms with Crippen LogP contribution in [0, 0.1) is 17.9 Å². The molecule has 0 radical (unpaired) electrons. The maximum atomic E-state index is 11.1. The van der Waals surface area contributed by atoms with E-state index in [1.165, 1.54) is 10.8 Å². The SMILES string of the molecule is [C-]#[N+]c1cc(-n2c3ccc(-n4c5ccccc5c5ccccc54)cc3c3c4ccccc4ccc32)c(C#N)cc1-n1c2ccccc2c2ccc3oc4ccccc4c3c21. The fourth-order valence-electron chi connectivity index (χ4n) is 10.0. The lowest BCUT2D eigenvalue weighted by Crippen LogP contribution is -2.02. The van der Waals surface area contributed by atoms with E-state index >= 15 is 0 Å². The molecule has 13 aromatic rings. The molecular weight excluding hydrogens is 735 g/mol. The van der Waals surface area contributed by atoms with Gasteiger partial charge in [0, 0.05) is 43.4 Å². The van der Waals surface area contributed by atoms with Gasteiger partial charge in [-0.2, -0.15) is 5.26 Å². The third-order valence-corrected chi connectivity index (χ3v) is 12.5. The summed E-state index contributed by atoms with van der Waals surface area (Å²) in [5.74, 6) is 0. The highest BCUT2D eigenvalue weighted by Gasteiger charge is 2.24. The first-order valence-corrected chi connectivity index (χ1v) is 19.9. The second kappa shape index (κ2) is 12.0. The molecule has 0 N–H and O–H groups in total. The normalized spacial score (nSPS) is 12.0. The molecule has 13 rings (SSSR count). The van der Waals surface area contributed by atoms with Crippen molar-refractivity contribution in [3.63, 3.8) is 0 Å². The number of furan rings is 1. The topological polar surface area (TPSA) is 56.1 Å². The highest BCUT2D eigenvalue weighted by atomic mass is 16.3. The van der Waals surface area contributed by atoms with E-state index in [4.69, 9.17) is 11.0 Å². The summed E-state index contributed by atoms with van der Waals surface area (Å²) in [6.45, 7) is 8.69. The Balaban J connectivity index is 1.12. The molecule has 0 saturated heterocycles. The Bertz CT molecular complexity index is 4050. The van der Waals surface area contributed by atoms with Crippen LogP contribution in [0.15, 0.2) is 180 Å². The van der Waals surface area contributed by atoms with Gasteiger partial charge in [-0.1, -0.05) is 103 Å². The van der Waals surface area contributed by atoms with Gasteiger partial charge in [-0.25, -0.2) is 4.85 Å². The number of fused-ring (bicyclic) bond motifs is 15. The molecule has 0 saturated carbocycles. The monoisotopic (exact) mass is 763 g/mol. The van der Waals surface area contributed by atoms with Crippen molar-refractivity contribution in [3.05, 3.63) is 193 Å². The highest BCUT2D eigenvalue weighted by molar-refractivity contribution is 6.25. The molecule has 6 heteroatoms. The van der Waals surface area contributed by atoms with Crippen LogP contribution in [-0.2, 0) is 0 Å². The van der Waals surface area contributed by atoms with Crippen LogP contribution in [0.25, 0.3) is 120 Å². The molecule has 4 aromatic heterocycles.